The number of hydrogen-bond donors (Lipinski definition) is 0. The molecule has 1 aliphatic heterocycles. The number of aromatic nitrogens is 1. The van der Waals surface area contributed by atoms with Gasteiger partial charge in [-0.05, 0) is 50.6 Å². The van der Waals surface area contributed by atoms with E-state index >= 15 is 0 Å². The van der Waals surface area contributed by atoms with E-state index in [1.54, 1.807) is 16.4 Å². The fraction of sp³-hybridized carbons (Fsp3) is 0.391. The predicted octanol–water partition coefficient (Wildman–Crippen LogP) is 5.07. The van der Waals surface area contributed by atoms with Crippen LogP contribution in [0.15, 0.2) is 48.5 Å². The zero-order valence-corrected chi connectivity index (χ0v) is 18.9. The van der Waals surface area contributed by atoms with Crippen molar-refractivity contribution < 1.29 is 19.1 Å². The number of ether oxygens (including phenoxy) is 2. The fourth-order valence-electron chi connectivity index (χ4n) is 3.27. The molecule has 1 saturated heterocycles. The quantitative estimate of drug-likeness (QED) is 0.512. The fourth-order valence-corrected chi connectivity index (χ4v) is 4.10. The normalized spacial score (nSPS) is 15.7. The van der Waals surface area contributed by atoms with Crippen LogP contribution in [0.3, 0.4) is 0 Å². The highest BCUT2D eigenvalue weighted by Crippen LogP contribution is 2.31. The maximum atomic E-state index is 11.8. The van der Waals surface area contributed by atoms with Crippen molar-refractivity contribution in [2.75, 3.05) is 26.2 Å². The first kappa shape index (κ1) is 21.5. The summed E-state index contributed by atoms with van der Waals surface area (Å²) in [5.41, 5.74) is 1.61. The third-order valence-electron chi connectivity index (χ3n) is 4.73. The van der Waals surface area contributed by atoms with E-state index in [2.05, 4.69) is 22.0 Å². The Hall–Kier alpha value is -2.68. The summed E-state index contributed by atoms with van der Waals surface area (Å²) in [4.78, 5) is 23.9. The van der Waals surface area contributed by atoms with Crippen LogP contribution in [0, 0.1) is 0 Å². The van der Waals surface area contributed by atoms with Gasteiger partial charge in [0, 0.05) is 32.7 Å². The third-order valence-corrected chi connectivity index (χ3v) is 5.65. The van der Waals surface area contributed by atoms with Crippen LogP contribution in [-0.2, 0) is 16.1 Å². The van der Waals surface area contributed by atoms with Crippen molar-refractivity contribution >= 4 is 27.7 Å². The SMILES string of the molecule is CC(C)(C)OC(=O)ON1CCN(Cc2ccc(Oc3nc4ccccc4s3)cc2)CC1. The van der Waals surface area contributed by atoms with Crippen molar-refractivity contribution in [2.24, 2.45) is 0 Å². The third kappa shape index (κ3) is 6.16. The Labute approximate surface area is 186 Å². The minimum absolute atomic E-state index is 0.554. The number of hydroxylamine groups is 2. The Morgan fingerprint density at radius 2 is 1.74 bits per heavy atom. The molecule has 1 aliphatic rings. The predicted molar refractivity (Wildman–Crippen MR) is 120 cm³/mol. The summed E-state index contributed by atoms with van der Waals surface area (Å²) in [5.74, 6) is 0.776. The van der Waals surface area contributed by atoms with Gasteiger partial charge in [-0.15, -0.1) is 5.06 Å². The molecule has 0 unspecified atom stereocenters. The highest BCUT2D eigenvalue weighted by atomic mass is 32.1. The summed E-state index contributed by atoms with van der Waals surface area (Å²) in [7, 11) is 0. The molecule has 0 aliphatic carbocycles. The van der Waals surface area contributed by atoms with Crippen molar-refractivity contribution in [1.82, 2.24) is 14.9 Å². The Balaban J connectivity index is 1.24. The number of thiazole rings is 1. The van der Waals surface area contributed by atoms with Crippen molar-refractivity contribution in [1.29, 1.82) is 0 Å². The lowest BCUT2D eigenvalue weighted by Crippen LogP contribution is -2.46. The minimum atomic E-state index is -0.648. The molecule has 31 heavy (non-hydrogen) atoms. The number of carbonyl (C=O) groups excluding carboxylic acids is 1. The smallest absolute Gasteiger partial charge is 0.431 e. The van der Waals surface area contributed by atoms with Gasteiger partial charge in [0.15, 0.2) is 0 Å². The van der Waals surface area contributed by atoms with E-state index in [0.717, 1.165) is 35.6 Å². The van der Waals surface area contributed by atoms with E-state index in [9.17, 15) is 4.79 Å². The molecule has 0 amide bonds. The number of fused-ring (bicyclic) bond motifs is 1. The summed E-state index contributed by atoms with van der Waals surface area (Å²) in [6.07, 6.45) is -0.648. The maximum absolute atomic E-state index is 11.8. The molecule has 0 bridgehead atoms. The molecule has 2 aromatic carbocycles. The summed E-state index contributed by atoms with van der Waals surface area (Å²) in [6, 6.07) is 16.1. The van der Waals surface area contributed by atoms with Crippen LogP contribution in [0.4, 0.5) is 4.79 Å². The zero-order chi connectivity index (χ0) is 21.8. The average Bonchev–Trinajstić information content (AvgIpc) is 3.12. The molecule has 2 heterocycles. The van der Waals surface area contributed by atoms with Gasteiger partial charge in [0.05, 0.1) is 10.2 Å². The van der Waals surface area contributed by atoms with Gasteiger partial charge in [-0.1, -0.05) is 35.6 Å². The van der Waals surface area contributed by atoms with Crippen molar-refractivity contribution in [2.45, 2.75) is 32.9 Å². The molecule has 1 fully saturated rings. The highest BCUT2D eigenvalue weighted by molar-refractivity contribution is 7.20. The van der Waals surface area contributed by atoms with E-state index < -0.39 is 11.8 Å². The summed E-state index contributed by atoms with van der Waals surface area (Å²) in [5, 5.41) is 2.31. The van der Waals surface area contributed by atoms with Crippen LogP contribution in [0.5, 0.6) is 10.9 Å². The first-order valence-corrected chi connectivity index (χ1v) is 11.2. The average molecular weight is 442 g/mol. The molecule has 8 heteroatoms. The molecule has 0 spiro atoms. The Morgan fingerprint density at radius 1 is 1.03 bits per heavy atom. The van der Waals surface area contributed by atoms with Gasteiger partial charge in [-0.2, -0.15) is 0 Å². The number of piperazine rings is 1. The van der Waals surface area contributed by atoms with E-state index in [4.69, 9.17) is 14.3 Å². The van der Waals surface area contributed by atoms with E-state index in [0.29, 0.717) is 18.3 Å². The van der Waals surface area contributed by atoms with Gasteiger partial charge in [0.25, 0.3) is 5.19 Å². The van der Waals surface area contributed by atoms with Crippen LogP contribution in [0.25, 0.3) is 10.2 Å². The molecule has 7 nitrogen and oxygen atoms in total. The minimum Gasteiger partial charge on any atom is -0.431 e. The van der Waals surface area contributed by atoms with Crippen LogP contribution < -0.4 is 4.74 Å². The summed E-state index contributed by atoms with van der Waals surface area (Å²) in [6.45, 7) is 9.22. The molecule has 0 saturated carbocycles. The van der Waals surface area contributed by atoms with Crippen molar-refractivity contribution in [3.8, 4) is 10.9 Å². The van der Waals surface area contributed by atoms with Crippen LogP contribution in [0.1, 0.15) is 26.3 Å². The van der Waals surface area contributed by atoms with Crippen molar-refractivity contribution in [3.63, 3.8) is 0 Å². The van der Waals surface area contributed by atoms with Crippen molar-refractivity contribution in [3.05, 3.63) is 54.1 Å². The van der Waals surface area contributed by atoms with Gasteiger partial charge < -0.3 is 14.3 Å². The monoisotopic (exact) mass is 441 g/mol. The molecule has 0 atom stereocenters. The summed E-state index contributed by atoms with van der Waals surface area (Å²) >= 11 is 1.54. The Kier molecular flexibility index (Phi) is 6.41. The second-order valence-electron chi connectivity index (χ2n) is 8.45. The molecule has 3 aromatic rings. The first-order chi connectivity index (χ1) is 14.8. The number of rotatable bonds is 5. The largest absolute Gasteiger partial charge is 0.528 e. The van der Waals surface area contributed by atoms with Crippen LogP contribution in [-0.4, -0.2) is 52.9 Å². The Bertz CT molecular complexity index is 988. The van der Waals surface area contributed by atoms with Crippen LogP contribution >= 0.6 is 11.3 Å². The number of para-hydroxylation sites is 1. The number of benzene rings is 2. The second-order valence-corrected chi connectivity index (χ2v) is 9.45. The standard InChI is InChI=1S/C23H27N3O4S/c1-23(2,3)29-22(27)30-26-14-12-25(13-15-26)16-17-8-10-18(11-9-17)28-21-24-19-6-4-5-7-20(19)31-21/h4-11H,12-16H2,1-3H3. The summed E-state index contributed by atoms with van der Waals surface area (Å²) < 4.78 is 12.2. The molecule has 4 rings (SSSR count). The molecule has 1 aromatic heterocycles. The van der Waals surface area contributed by atoms with Gasteiger partial charge in [0.1, 0.15) is 11.4 Å². The van der Waals surface area contributed by atoms with Crippen LogP contribution in [0.2, 0.25) is 0 Å². The zero-order valence-electron chi connectivity index (χ0n) is 18.0. The first-order valence-electron chi connectivity index (χ1n) is 10.3. The topological polar surface area (TPSA) is 64.1 Å². The van der Waals surface area contributed by atoms with Gasteiger partial charge in [0.2, 0.25) is 0 Å². The highest BCUT2D eigenvalue weighted by Gasteiger charge is 2.24. The van der Waals surface area contributed by atoms with Gasteiger partial charge in [-0.25, -0.2) is 9.78 Å². The maximum Gasteiger partial charge on any atom is 0.528 e. The van der Waals surface area contributed by atoms with Gasteiger partial charge in [-0.3, -0.25) is 4.90 Å². The molecule has 0 N–H and O–H groups in total. The Morgan fingerprint density at radius 3 is 2.42 bits per heavy atom. The van der Waals surface area contributed by atoms with E-state index in [-0.39, 0.29) is 0 Å². The number of carbonyl (C=O) groups is 1. The molecule has 0 radical (unpaired) electrons. The lowest BCUT2D eigenvalue weighted by Gasteiger charge is -2.33. The number of nitrogens with zero attached hydrogens (tertiary/aromatic N) is 3. The second kappa shape index (κ2) is 9.21. The van der Waals surface area contributed by atoms with Gasteiger partial charge >= 0.3 is 6.16 Å². The molecular formula is C23H27N3O4S. The lowest BCUT2D eigenvalue weighted by atomic mass is 10.2. The van der Waals surface area contributed by atoms with E-state index in [1.807, 2.05) is 57.2 Å². The molecule has 164 valence electrons. The molecular weight excluding hydrogens is 414 g/mol. The lowest BCUT2D eigenvalue weighted by molar-refractivity contribution is -0.158. The number of hydrogen-bond acceptors (Lipinski definition) is 8. The van der Waals surface area contributed by atoms with E-state index in [1.165, 1.54) is 5.56 Å².